The Kier molecular flexibility index (Phi) is 6.62. The fourth-order valence-electron chi connectivity index (χ4n) is 4.01. The maximum absolute atomic E-state index is 12.6. The highest BCUT2D eigenvalue weighted by molar-refractivity contribution is 6.31. The van der Waals surface area contributed by atoms with Crippen LogP contribution in [0.3, 0.4) is 0 Å². The first-order valence-corrected chi connectivity index (χ1v) is 10.2. The standard InChI is InChI=1S/C21H28ClN3O3/c1-3-20(27)25-7-6-17(14-25)23-8-10-24(11-9-23)21(28)5-4-16-13-18(22)15(2)12-19(16)26/h3,12-13,17,26H,1,4-11,14H2,2H3. The van der Waals surface area contributed by atoms with Crippen molar-refractivity contribution >= 4 is 23.4 Å². The summed E-state index contributed by atoms with van der Waals surface area (Å²) in [6, 6.07) is 3.75. The van der Waals surface area contributed by atoms with Gasteiger partial charge >= 0.3 is 0 Å². The molecule has 28 heavy (non-hydrogen) atoms. The summed E-state index contributed by atoms with van der Waals surface area (Å²) in [6.07, 6.45) is 3.18. The van der Waals surface area contributed by atoms with Gasteiger partial charge in [0.25, 0.3) is 0 Å². The molecular formula is C21H28ClN3O3. The minimum atomic E-state index is -0.00391. The third-order valence-corrected chi connectivity index (χ3v) is 6.21. The summed E-state index contributed by atoms with van der Waals surface area (Å²) in [5.41, 5.74) is 1.53. The van der Waals surface area contributed by atoms with E-state index in [1.165, 1.54) is 6.08 Å². The molecule has 0 saturated carbocycles. The Morgan fingerprint density at radius 3 is 2.61 bits per heavy atom. The van der Waals surface area contributed by atoms with E-state index < -0.39 is 0 Å². The van der Waals surface area contributed by atoms with Crippen LogP contribution in [0.15, 0.2) is 24.8 Å². The summed E-state index contributed by atoms with van der Waals surface area (Å²) in [5, 5.41) is 10.7. The van der Waals surface area contributed by atoms with Crippen molar-refractivity contribution in [2.75, 3.05) is 39.3 Å². The molecule has 2 fully saturated rings. The molecule has 0 aliphatic carbocycles. The van der Waals surface area contributed by atoms with Gasteiger partial charge in [0.15, 0.2) is 0 Å². The molecule has 0 bridgehead atoms. The molecule has 1 atom stereocenters. The molecule has 2 amide bonds. The van der Waals surface area contributed by atoms with Gasteiger partial charge < -0.3 is 14.9 Å². The molecule has 0 spiro atoms. The van der Waals surface area contributed by atoms with E-state index >= 15 is 0 Å². The van der Waals surface area contributed by atoms with E-state index in [-0.39, 0.29) is 17.6 Å². The van der Waals surface area contributed by atoms with E-state index in [0.717, 1.165) is 38.2 Å². The largest absolute Gasteiger partial charge is 0.508 e. The monoisotopic (exact) mass is 405 g/mol. The van der Waals surface area contributed by atoms with Crippen LogP contribution in [-0.4, -0.2) is 76.9 Å². The number of hydrogen-bond donors (Lipinski definition) is 1. The van der Waals surface area contributed by atoms with Crippen molar-refractivity contribution < 1.29 is 14.7 Å². The Labute approximate surface area is 171 Å². The molecule has 0 aromatic heterocycles. The average Bonchev–Trinajstić information content (AvgIpc) is 3.19. The fourth-order valence-corrected chi connectivity index (χ4v) is 4.20. The summed E-state index contributed by atoms with van der Waals surface area (Å²) >= 11 is 6.13. The normalized spacial score (nSPS) is 20.4. The summed E-state index contributed by atoms with van der Waals surface area (Å²) in [5.74, 6) is 0.292. The van der Waals surface area contributed by atoms with Crippen molar-refractivity contribution in [2.24, 2.45) is 0 Å². The summed E-state index contributed by atoms with van der Waals surface area (Å²) < 4.78 is 0. The zero-order valence-corrected chi connectivity index (χ0v) is 17.1. The first-order chi connectivity index (χ1) is 13.4. The average molecular weight is 406 g/mol. The van der Waals surface area contributed by atoms with E-state index in [2.05, 4.69) is 11.5 Å². The molecule has 1 N–H and O–H groups in total. The maximum atomic E-state index is 12.6. The lowest BCUT2D eigenvalue weighted by Crippen LogP contribution is -2.52. The molecule has 2 saturated heterocycles. The van der Waals surface area contributed by atoms with Crippen LogP contribution < -0.4 is 0 Å². The van der Waals surface area contributed by atoms with Gasteiger partial charge in [-0.2, -0.15) is 0 Å². The number of halogens is 1. The molecular weight excluding hydrogens is 378 g/mol. The summed E-state index contributed by atoms with van der Waals surface area (Å²) in [4.78, 5) is 30.4. The number of amides is 2. The number of benzene rings is 1. The fraction of sp³-hybridized carbons (Fsp3) is 0.524. The van der Waals surface area contributed by atoms with Gasteiger partial charge in [0, 0.05) is 56.8 Å². The topological polar surface area (TPSA) is 64.1 Å². The second-order valence-corrected chi connectivity index (χ2v) is 7.98. The van der Waals surface area contributed by atoms with Crippen LogP contribution in [0.4, 0.5) is 0 Å². The molecule has 6 nitrogen and oxygen atoms in total. The number of hydrogen-bond acceptors (Lipinski definition) is 4. The number of likely N-dealkylation sites (tertiary alicyclic amines) is 1. The second kappa shape index (κ2) is 8.97. The smallest absolute Gasteiger partial charge is 0.246 e. The van der Waals surface area contributed by atoms with Gasteiger partial charge in [0.05, 0.1) is 0 Å². The molecule has 3 rings (SSSR count). The van der Waals surface area contributed by atoms with Gasteiger partial charge in [0.2, 0.25) is 11.8 Å². The zero-order chi connectivity index (χ0) is 20.3. The number of rotatable bonds is 5. The zero-order valence-electron chi connectivity index (χ0n) is 16.4. The van der Waals surface area contributed by atoms with Gasteiger partial charge in [-0.1, -0.05) is 18.2 Å². The third-order valence-electron chi connectivity index (χ3n) is 5.80. The lowest BCUT2D eigenvalue weighted by molar-refractivity contribution is -0.133. The lowest BCUT2D eigenvalue weighted by atomic mass is 10.1. The van der Waals surface area contributed by atoms with Crippen molar-refractivity contribution in [3.8, 4) is 5.75 Å². The van der Waals surface area contributed by atoms with E-state index in [4.69, 9.17) is 11.6 Å². The van der Waals surface area contributed by atoms with E-state index in [9.17, 15) is 14.7 Å². The van der Waals surface area contributed by atoms with Gasteiger partial charge in [-0.25, -0.2) is 0 Å². The predicted octanol–water partition coefficient (Wildman–Crippen LogP) is 2.22. The second-order valence-electron chi connectivity index (χ2n) is 7.58. The number of carbonyl (C=O) groups excluding carboxylic acids is 2. The minimum absolute atomic E-state index is 0.00391. The molecule has 1 aromatic carbocycles. The molecule has 1 aromatic rings. The molecule has 2 aliphatic rings. The van der Waals surface area contributed by atoms with Crippen LogP contribution in [0.5, 0.6) is 5.75 Å². The molecule has 0 radical (unpaired) electrons. The van der Waals surface area contributed by atoms with E-state index in [1.807, 2.05) is 16.7 Å². The predicted molar refractivity (Wildman–Crippen MR) is 110 cm³/mol. The van der Waals surface area contributed by atoms with Crippen LogP contribution in [0, 0.1) is 6.92 Å². The highest BCUT2D eigenvalue weighted by Gasteiger charge is 2.32. The van der Waals surface area contributed by atoms with Crippen LogP contribution in [0.2, 0.25) is 5.02 Å². The minimum Gasteiger partial charge on any atom is -0.508 e. The highest BCUT2D eigenvalue weighted by Crippen LogP contribution is 2.27. The highest BCUT2D eigenvalue weighted by atomic mass is 35.5. The Morgan fingerprint density at radius 2 is 1.93 bits per heavy atom. The first-order valence-electron chi connectivity index (χ1n) is 9.80. The Balaban J connectivity index is 1.46. The summed E-state index contributed by atoms with van der Waals surface area (Å²) in [7, 11) is 0. The Hall–Kier alpha value is -2.05. The van der Waals surface area contributed by atoms with Crippen LogP contribution in [0.1, 0.15) is 24.0 Å². The quantitative estimate of drug-likeness (QED) is 0.763. The molecule has 152 valence electrons. The van der Waals surface area contributed by atoms with Crippen molar-refractivity contribution in [3.63, 3.8) is 0 Å². The maximum Gasteiger partial charge on any atom is 0.246 e. The number of phenolic OH excluding ortho intramolecular Hbond substituents is 1. The van der Waals surface area contributed by atoms with Gasteiger partial charge in [-0.15, -0.1) is 0 Å². The Bertz CT molecular complexity index is 760. The number of aromatic hydroxyl groups is 1. The Morgan fingerprint density at radius 1 is 1.21 bits per heavy atom. The van der Waals surface area contributed by atoms with E-state index in [0.29, 0.717) is 42.6 Å². The number of carbonyl (C=O) groups is 2. The number of phenols is 1. The first kappa shape index (κ1) is 20.7. The van der Waals surface area contributed by atoms with Crippen molar-refractivity contribution in [1.29, 1.82) is 0 Å². The molecule has 1 unspecified atom stereocenters. The molecule has 2 heterocycles. The summed E-state index contributed by atoms with van der Waals surface area (Å²) in [6.45, 7) is 9.97. The van der Waals surface area contributed by atoms with Crippen molar-refractivity contribution in [3.05, 3.63) is 40.9 Å². The van der Waals surface area contributed by atoms with Crippen molar-refractivity contribution in [2.45, 2.75) is 32.2 Å². The van der Waals surface area contributed by atoms with E-state index in [1.54, 1.807) is 12.1 Å². The third kappa shape index (κ3) is 4.67. The number of nitrogens with zero attached hydrogens (tertiary/aromatic N) is 3. The van der Waals surface area contributed by atoms with Gasteiger partial charge in [-0.3, -0.25) is 14.5 Å². The molecule has 2 aliphatic heterocycles. The van der Waals surface area contributed by atoms with Crippen LogP contribution in [0.25, 0.3) is 0 Å². The van der Waals surface area contributed by atoms with Crippen LogP contribution in [-0.2, 0) is 16.0 Å². The molecule has 7 heteroatoms. The SMILES string of the molecule is C=CC(=O)N1CCC(N2CCN(C(=O)CCc3cc(Cl)c(C)cc3O)CC2)C1. The van der Waals surface area contributed by atoms with Crippen LogP contribution >= 0.6 is 11.6 Å². The number of piperazine rings is 1. The van der Waals surface area contributed by atoms with Gasteiger partial charge in [-0.05, 0) is 49.1 Å². The van der Waals surface area contributed by atoms with Gasteiger partial charge in [0.1, 0.15) is 5.75 Å². The number of aryl methyl sites for hydroxylation is 2. The lowest BCUT2D eigenvalue weighted by Gasteiger charge is -2.38. The van der Waals surface area contributed by atoms with Crippen molar-refractivity contribution in [1.82, 2.24) is 14.7 Å².